The van der Waals surface area contributed by atoms with Gasteiger partial charge in [-0.05, 0) is 42.7 Å². The Morgan fingerprint density at radius 3 is 2.47 bits per heavy atom. The molecule has 1 saturated carbocycles. The Bertz CT molecular complexity index is 1110. The summed E-state index contributed by atoms with van der Waals surface area (Å²) in [4.78, 5) is 30.4. The van der Waals surface area contributed by atoms with Crippen molar-refractivity contribution >= 4 is 17.5 Å². The third-order valence-electron chi connectivity index (χ3n) is 7.15. The maximum atomic E-state index is 13.8. The van der Waals surface area contributed by atoms with Crippen LogP contribution in [0.15, 0.2) is 36.4 Å². The van der Waals surface area contributed by atoms with Gasteiger partial charge in [0.15, 0.2) is 23.0 Å². The molecule has 0 unspecified atom stereocenters. The van der Waals surface area contributed by atoms with Crippen LogP contribution >= 0.6 is 0 Å². The number of amides is 2. The van der Waals surface area contributed by atoms with Crippen molar-refractivity contribution in [2.45, 2.75) is 44.7 Å². The van der Waals surface area contributed by atoms with Crippen LogP contribution in [-0.4, -0.2) is 49.3 Å². The molecule has 34 heavy (non-hydrogen) atoms. The van der Waals surface area contributed by atoms with Gasteiger partial charge in [-0.2, -0.15) is 0 Å². The highest BCUT2D eigenvalue weighted by atomic mass is 16.7. The van der Waals surface area contributed by atoms with Crippen molar-refractivity contribution in [3.05, 3.63) is 42.0 Å². The number of hydrogen-bond donors (Lipinski definition) is 0. The number of rotatable bonds is 5. The molecule has 2 aromatic carbocycles. The molecule has 4 aliphatic rings. The Balaban J connectivity index is 1.21. The zero-order valence-electron chi connectivity index (χ0n) is 19.0. The Morgan fingerprint density at radius 1 is 0.912 bits per heavy atom. The van der Waals surface area contributed by atoms with Crippen LogP contribution in [0.5, 0.6) is 23.0 Å². The van der Waals surface area contributed by atoms with E-state index in [0.717, 1.165) is 48.4 Å². The highest BCUT2D eigenvalue weighted by Gasteiger charge is 2.40. The van der Waals surface area contributed by atoms with E-state index >= 15 is 0 Å². The van der Waals surface area contributed by atoms with Crippen LogP contribution in [0, 0.1) is 5.92 Å². The van der Waals surface area contributed by atoms with E-state index in [1.807, 2.05) is 41.3 Å². The summed E-state index contributed by atoms with van der Waals surface area (Å²) in [5.74, 6) is 2.43. The van der Waals surface area contributed by atoms with Crippen LogP contribution in [-0.2, 0) is 16.1 Å². The molecular weight excluding hydrogens is 436 g/mol. The number of anilines is 1. The van der Waals surface area contributed by atoms with E-state index in [1.54, 1.807) is 4.90 Å². The number of carbonyl (C=O) groups excluding carboxylic acids is 2. The monoisotopic (exact) mass is 464 g/mol. The van der Waals surface area contributed by atoms with Crippen LogP contribution in [0.2, 0.25) is 0 Å². The molecule has 2 aromatic rings. The summed E-state index contributed by atoms with van der Waals surface area (Å²) in [6.45, 7) is 2.12. The van der Waals surface area contributed by atoms with Crippen molar-refractivity contribution in [1.29, 1.82) is 0 Å². The molecule has 1 saturated heterocycles. The molecule has 8 nitrogen and oxygen atoms in total. The quantitative estimate of drug-likeness (QED) is 0.674. The lowest BCUT2D eigenvalue weighted by Crippen LogP contribution is -2.42. The van der Waals surface area contributed by atoms with Gasteiger partial charge in [-0.25, -0.2) is 0 Å². The lowest BCUT2D eigenvalue weighted by atomic mass is 10.0. The topological polar surface area (TPSA) is 77.5 Å². The van der Waals surface area contributed by atoms with Gasteiger partial charge in [-0.15, -0.1) is 0 Å². The minimum absolute atomic E-state index is 0.0375. The first-order valence-corrected chi connectivity index (χ1v) is 12.0. The average molecular weight is 465 g/mol. The number of benzene rings is 2. The van der Waals surface area contributed by atoms with Crippen molar-refractivity contribution in [3.8, 4) is 23.0 Å². The molecule has 6 rings (SSSR count). The third-order valence-corrected chi connectivity index (χ3v) is 7.15. The van der Waals surface area contributed by atoms with Gasteiger partial charge < -0.3 is 28.7 Å². The molecule has 0 N–H and O–H groups in total. The summed E-state index contributed by atoms with van der Waals surface area (Å²) in [5, 5.41) is 0. The Kier molecular flexibility index (Phi) is 5.43. The van der Waals surface area contributed by atoms with Gasteiger partial charge in [0.25, 0.3) is 0 Å². The predicted octanol–water partition coefficient (Wildman–Crippen LogP) is 3.51. The zero-order chi connectivity index (χ0) is 23.1. The summed E-state index contributed by atoms with van der Waals surface area (Å²) in [6, 6.07) is 11.6. The second kappa shape index (κ2) is 8.74. The molecule has 178 valence electrons. The Morgan fingerprint density at radius 2 is 1.62 bits per heavy atom. The molecule has 0 spiro atoms. The fraction of sp³-hybridized carbons (Fsp3) is 0.462. The molecule has 2 amide bonds. The molecule has 3 aliphatic heterocycles. The minimum atomic E-state index is -0.365. The Hall–Kier alpha value is -3.42. The summed E-state index contributed by atoms with van der Waals surface area (Å²) < 4.78 is 22.2. The van der Waals surface area contributed by atoms with Crippen LogP contribution in [0.4, 0.5) is 5.69 Å². The number of hydrogen-bond acceptors (Lipinski definition) is 6. The van der Waals surface area contributed by atoms with E-state index < -0.39 is 0 Å². The van der Waals surface area contributed by atoms with Crippen LogP contribution in [0.25, 0.3) is 0 Å². The minimum Gasteiger partial charge on any atom is -0.486 e. The zero-order valence-corrected chi connectivity index (χ0v) is 19.0. The average Bonchev–Trinajstić information content (AvgIpc) is 3.62. The molecule has 8 heteroatoms. The SMILES string of the molecule is O=C1C[C@@H](C(=O)N(Cc2ccc3c(c2)OCO3)C2CCCC2)CN1c1ccc2c(c1)OCCO2. The van der Waals surface area contributed by atoms with Crippen molar-refractivity contribution in [2.75, 3.05) is 31.5 Å². The van der Waals surface area contributed by atoms with Crippen LogP contribution in [0.3, 0.4) is 0 Å². The lowest BCUT2D eigenvalue weighted by molar-refractivity contribution is -0.138. The highest BCUT2D eigenvalue weighted by molar-refractivity contribution is 6.00. The van der Waals surface area contributed by atoms with Gasteiger partial charge in [-0.1, -0.05) is 18.9 Å². The number of nitrogens with zero attached hydrogens (tertiary/aromatic N) is 2. The smallest absolute Gasteiger partial charge is 0.231 e. The van der Waals surface area contributed by atoms with Gasteiger partial charge in [0.2, 0.25) is 18.6 Å². The van der Waals surface area contributed by atoms with E-state index in [2.05, 4.69) is 0 Å². The van der Waals surface area contributed by atoms with Crippen molar-refractivity contribution in [2.24, 2.45) is 5.92 Å². The van der Waals surface area contributed by atoms with Gasteiger partial charge in [0.05, 0.1) is 5.92 Å². The van der Waals surface area contributed by atoms with Crippen molar-refractivity contribution < 1.29 is 28.5 Å². The van der Waals surface area contributed by atoms with Crippen LogP contribution < -0.4 is 23.8 Å². The van der Waals surface area contributed by atoms with E-state index in [0.29, 0.717) is 37.8 Å². The molecule has 0 aromatic heterocycles. The fourth-order valence-electron chi connectivity index (χ4n) is 5.40. The fourth-order valence-corrected chi connectivity index (χ4v) is 5.40. The summed E-state index contributed by atoms with van der Waals surface area (Å²) >= 11 is 0. The standard InChI is InChI=1S/C26H28N2O6/c29-25-12-18(15-27(25)20-6-8-21-24(13-20)32-10-9-31-21)26(30)28(19-3-1-2-4-19)14-17-5-7-22-23(11-17)34-16-33-22/h5-8,11,13,18-19H,1-4,9-10,12,14-16H2/t18-/m1/s1. The second-order valence-electron chi connectivity index (χ2n) is 9.33. The van der Waals surface area contributed by atoms with Crippen molar-refractivity contribution in [1.82, 2.24) is 4.90 Å². The predicted molar refractivity (Wildman–Crippen MR) is 123 cm³/mol. The van der Waals surface area contributed by atoms with E-state index in [1.165, 1.54) is 0 Å². The molecule has 3 heterocycles. The van der Waals surface area contributed by atoms with Crippen LogP contribution in [0.1, 0.15) is 37.7 Å². The van der Waals surface area contributed by atoms with E-state index in [4.69, 9.17) is 18.9 Å². The van der Waals surface area contributed by atoms with Gasteiger partial charge in [-0.3, -0.25) is 9.59 Å². The second-order valence-corrected chi connectivity index (χ2v) is 9.33. The first-order chi connectivity index (χ1) is 16.7. The van der Waals surface area contributed by atoms with Gasteiger partial charge >= 0.3 is 0 Å². The summed E-state index contributed by atoms with van der Waals surface area (Å²) in [6.07, 6.45) is 4.48. The summed E-state index contributed by atoms with van der Waals surface area (Å²) in [7, 11) is 0. The molecule has 1 aliphatic carbocycles. The molecule has 0 radical (unpaired) electrons. The Labute approximate surface area is 198 Å². The molecular formula is C26H28N2O6. The lowest BCUT2D eigenvalue weighted by Gasteiger charge is -2.31. The number of fused-ring (bicyclic) bond motifs is 2. The van der Waals surface area contributed by atoms with Gasteiger partial charge in [0.1, 0.15) is 13.2 Å². The number of ether oxygens (including phenoxy) is 4. The first-order valence-electron chi connectivity index (χ1n) is 12.0. The summed E-state index contributed by atoms with van der Waals surface area (Å²) in [5.41, 5.74) is 1.75. The van der Waals surface area contributed by atoms with Gasteiger partial charge in [0, 0.05) is 37.3 Å². The molecule has 2 fully saturated rings. The number of carbonyl (C=O) groups is 2. The maximum absolute atomic E-state index is 13.8. The third kappa shape index (κ3) is 3.91. The molecule has 0 bridgehead atoms. The van der Waals surface area contributed by atoms with E-state index in [-0.39, 0.29) is 37.0 Å². The van der Waals surface area contributed by atoms with Crippen molar-refractivity contribution in [3.63, 3.8) is 0 Å². The highest BCUT2D eigenvalue weighted by Crippen LogP contribution is 2.38. The molecule has 1 atom stereocenters. The normalized spacial score (nSPS) is 21.2. The maximum Gasteiger partial charge on any atom is 0.231 e. The largest absolute Gasteiger partial charge is 0.486 e. The van der Waals surface area contributed by atoms with E-state index in [9.17, 15) is 9.59 Å². The first kappa shape index (κ1) is 21.1.